The van der Waals surface area contributed by atoms with Crippen LogP contribution in [-0.2, 0) is 197 Å². The second-order valence-electron chi connectivity index (χ2n) is 3.02. The summed E-state index contributed by atoms with van der Waals surface area (Å²) in [6.07, 6.45) is 0. The first kappa shape index (κ1) is 268. The fourth-order valence-corrected chi connectivity index (χ4v) is 0. The van der Waals surface area contributed by atoms with Gasteiger partial charge in [-0.15, -0.1) is 0 Å². The summed E-state index contributed by atoms with van der Waals surface area (Å²) in [4.78, 5) is 51.3. The smallest absolute Gasteiger partial charge is 0.124 e. The van der Waals surface area contributed by atoms with E-state index >= 15 is 0 Å². The number of rotatable bonds is 3. The van der Waals surface area contributed by atoms with Gasteiger partial charge in [-0.3, -0.25) is 0 Å². The van der Waals surface area contributed by atoms with Gasteiger partial charge in [-0.1, -0.05) is 0 Å². The van der Waals surface area contributed by atoms with Crippen molar-refractivity contribution in [2.24, 2.45) is 0 Å². The number of hydrogen-bond donors (Lipinski definition) is 6. The van der Waals surface area contributed by atoms with Crippen molar-refractivity contribution >= 4 is 15.6 Å². The van der Waals surface area contributed by atoms with E-state index < -0.39 is 15.6 Å². The zero-order valence-corrected chi connectivity index (χ0v) is 34.1. The minimum absolute atomic E-state index is 0. The molecule has 0 unspecified atom stereocenters. The van der Waals surface area contributed by atoms with Crippen LogP contribution in [0, 0.1) is 0 Å². The molecule has 0 atom stereocenters. The van der Waals surface area contributed by atoms with E-state index in [1.165, 1.54) is 0 Å². The Bertz CT molecular complexity index is 249. The molecule has 39 heteroatoms. The first-order valence-electron chi connectivity index (χ1n) is 5.96. The molecule has 0 saturated carbocycles. The normalized spacial score (nSPS) is 4.62. The third-order valence-electron chi connectivity index (χ3n) is 0.750. The Morgan fingerprint density at radius 2 is 0.311 bits per heavy atom. The summed E-state index contributed by atoms with van der Waals surface area (Å²) in [5.74, 6) is 0. The quantitative estimate of drug-likeness (QED) is 0.116. The third-order valence-corrected chi connectivity index (χ3v) is 0.750. The molecule has 0 aromatic carbocycles. The number of quaternary nitrogens is 6. The van der Waals surface area contributed by atoms with Crippen LogP contribution in [0.2, 0.25) is 0 Å². The van der Waals surface area contributed by atoms with Gasteiger partial charge >= 0.3 is 0 Å². The predicted molar refractivity (Wildman–Crippen MR) is 82.9 cm³/mol. The van der Waals surface area contributed by atoms with E-state index in [2.05, 4.69) is 34.4 Å². The van der Waals surface area contributed by atoms with Crippen molar-refractivity contribution in [3.05, 3.63) is 0 Å². The van der Waals surface area contributed by atoms with E-state index in [0.717, 1.165) is 39.3 Å². The Morgan fingerprint density at radius 3 is 0.311 bits per heavy atom. The molecule has 0 aromatic heterocycles. The summed E-state index contributed by atoms with van der Waals surface area (Å²) in [6, 6.07) is 0. The molecule has 0 aliphatic carbocycles. The summed E-state index contributed by atoms with van der Waals surface area (Å²) in [7, 11) is -10.8. The van der Waals surface area contributed by atoms with E-state index in [1.807, 2.05) is 0 Å². The van der Waals surface area contributed by atoms with Gasteiger partial charge < -0.3 is 171 Å². The molecular formula is C6H36Mo5N6O26P2-30. The van der Waals surface area contributed by atoms with Crippen molar-refractivity contribution in [3.8, 4) is 0 Å². The molecule has 0 radical (unpaired) electrons. The minimum atomic E-state index is -5.39. The molecule has 316 valence electrons. The SMILES string of the molecule is O.O.O.O=P([O-])([O-])[O-].O=P([O-])([O-])[O-].[Mo].[Mo].[Mo].[Mo].[Mo].[NH3+]CC[NH3+].[NH3+]CC[NH3+].[NH3+]CC[NH3+].[O-2].[O-2].[O-2].[O-2].[O-2].[O-2].[O-2].[O-2].[O-2].[O-2].[O-2].[O-2].[O-2].[O-2].[O-2]. The average Bonchev–Trinajstić information content (AvgIpc) is 2.35. The van der Waals surface area contributed by atoms with Crippen molar-refractivity contribution in [3.63, 3.8) is 0 Å². The van der Waals surface area contributed by atoms with Crippen LogP contribution < -0.4 is 63.8 Å². The molecule has 0 fully saturated rings. The zero-order valence-electron chi connectivity index (χ0n) is 22.3. The maximum absolute atomic E-state index is 8.55. The Hall–Kier alpha value is 2.70. The topological polar surface area (TPSA) is 860 Å². The van der Waals surface area contributed by atoms with Gasteiger partial charge in [-0.05, 0) is 0 Å². The van der Waals surface area contributed by atoms with Gasteiger partial charge in [0, 0.05) is 105 Å². The molecular weight excluding hydrogens is 1110 g/mol. The molecule has 0 bridgehead atoms. The van der Waals surface area contributed by atoms with Crippen LogP contribution in [0.5, 0.6) is 0 Å². The maximum Gasteiger partial charge on any atom is 0.124 e. The van der Waals surface area contributed by atoms with Crippen molar-refractivity contribution < 1.29 is 277 Å². The number of phosphoric acid groups is 2. The van der Waals surface area contributed by atoms with Crippen LogP contribution in [0.15, 0.2) is 0 Å². The van der Waals surface area contributed by atoms with Gasteiger partial charge in [0.25, 0.3) is 0 Å². The Balaban J connectivity index is -0.00000000274. The predicted octanol–water partition coefficient (Wildman–Crippen LogP) is -17.5. The van der Waals surface area contributed by atoms with E-state index in [0.29, 0.717) is 0 Å². The van der Waals surface area contributed by atoms with E-state index in [-0.39, 0.29) is 204 Å². The van der Waals surface area contributed by atoms with Crippen LogP contribution in [0.25, 0.3) is 0 Å². The van der Waals surface area contributed by atoms with Crippen molar-refractivity contribution in [2.45, 2.75) is 0 Å². The second kappa shape index (κ2) is 228. The summed E-state index contributed by atoms with van der Waals surface area (Å²) in [5.41, 5.74) is 21.2. The van der Waals surface area contributed by atoms with Gasteiger partial charge in [0.15, 0.2) is 0 Å². The molecule has 0 rings (SSSR count). The molecule has 0 amide bonds. The molecule has 32 nitrogen and oxygen atoms in total. The van der Waals surface area contributed by atoms with Crippen LogP contribution in [0.4, 0.5) is 0 Å². The van der Waals surface area contributed by atoms with Crippen LogP contribution in [0.3, 0.4) is 0 Å². The van der Waals surface area contributed by atoms with E-state index in [4.69, 9.17) is 38.5 Å². The minimum Gasteiger partial charge on any atom is -2.00 e. The second-order valence-corrected chi connectivity index (χ2v) is 4.80. The van der Waals surface area contributed by atoms with Gasteiger partial charge in [-0.25, -0.2) is 0 Å². The summed E-state index contributed by atoms with van der Waals surface area (Å²) in [5, 5.41) is 0. The summed E-state index contributed by atoms with van der Waals surface area (Å²) < 4.78 is 17.1. The molecule has 0 aliphatic heterocycles. The molecule has 0 aromatic rings. The molecule has 0 aliphatic rings. The largest absolute Gasteiger partial charge is 2.00 e. The van der Waals surface area contributed by atoms with Crippen molar-refractivity contribution in [2.75, 3.05) is 39.3 Å². The molecule has 0 saturated heterocycles. The van der Waals surface area contributed by atoms with E-state index in [9.17, 15) is 0 Å². The maximum atomic E-state index is 8.55. The third kappa shape index (κ3) is 2870. The van der Waals surface area contributed by atoms with Crippen LogP contribution in [-0.4, -0.2) is 55.7 Å². The first-order chi connectivity index (χ1) is 9.74. The standard InChI is InChI=1S/3C2H8N2.5Mo.2H3O4P.3H2O.15O/c3*3-1-2-4;;;;;;2*1-5(2,3)4;;;;;;;;;;;;;;;;;;/h3*1-4H2;;;;;;2*(H3,1,2,3,4);3*1H2;;;;;;;;;;;;;;;/q;;;;;;;;;;;;;15*-2. The van der Waals surface area contributed by atoms with Crippen molar-refractivity contribution in [1.82, 2.24) is 0 Å². The van der Waals surface area contributed by atoms with Gasteiger partial charge in [0.05, 0.1) is 0 Å². The fourth-order valence-electron chi connectivity index (χ4n) is 0. The molecule has 24 N–H and O–H groups in total. The number of hydrogen-bond acceptors (Lipinski definition) is 8. The zero-order chi connectivity index (χ0) is 19.2. The summed E-state index contributed by atoms with van der Waals surface area (Å²) >= 11 is 0. The molecule has 0 heterocycles. The van der Waals surface area contributed by atoms with Crippen LogP contribution in [0.1, 0.15) is 0 Å². The van der Waals surface area contributed by atoms with Gasteiger partial charge in [-0.2, -0.15) is 15.6 Å². The first-order valence-corrected chi connectivity index (χ1v) is 8.88. The Labute approximate surface area is 329 Å². The monoisotopic (exact) mass is 1160 g/mol. The Kier molecular flexibility index (Phi) is 1360. The summed E-state index contributed by atoms with van der Waals surface area (Å²) in [6.45, 7) is 5.75. The Morgan fingerprint density at radius 1 is 0.289 bits per heavy atom. The van der Waals surface area contributed by atoms with Gasteiger partial charge in [0.2, 0.25) is 0 Å². The molecule has 45 heavy (non-hydrogen) atoms. The van der Waals surface area contributed by atoms with Crippen LogP contribution >= 0.6 is 15.6 Å². The molecule has 0 spiro atoms. The fraction of sp³-hybridized carbons (Fsp3) is 1.00. The van der Waals surface area contributed by atoms with E-state index in [1.54, 1.807) is 0 Å². The van der Waals surface area contributed by atoms with Crippen molar-refractivity contribution in [1.29, 1.82) is 0 Å². The average molecular weight is 1150 g/mol. The van der Waals surface area contributed by atoms with Gasteiger partial charge in [0.1, 0.15) is 39.3 Å².